The van der Waals surface area contributed by atoms with Crippen molar-refractivity contribution in [3.8, 4) is 0 Å². The summed E-state index contributed by atoms with van der Waals surface area (Å²) in [6.45, 7) is 1.67. The summed E-state index contributed by atoms with van der Waals surface area (Å²) in [5, 5.41) is 3.52. The average molecular weight is 457 g/mol. The van der Waals surface area contributed by atoms with Crippen LogP contribution in [-0.4, -0.2) is 34.5 Å². The number of hydrogen-bond acceptors (Lipinski definition) is 4. The second-order valence-electron chi connectivity index (χ2n) is 8.44. The van der Waals surface area contributed by atoms with Crippen LogP contribution in [0, 0.1) is 5.92 Å². The minimum atomic E-state index is -0.0944. The molecule has 0 unspecified atom stereocenters. The lowest BCUT2D eigenvalue weighted by Crippen LogP contribution is -2.54. The van der Waals surface area contributed by atoms with E-state index in [9.17, 15) is 4.79 Å². The van der Waals surface area contributed by atoms with Crippen LogP contribution in [0.25, 0.3) is 0 Å². The summed E-state index contributed by atoms with van der Waals surface area (Å²) in [7, 11) is 0. The molecule has 0 spiro atoms. The van der Waals surface area contributed by atoms with Gasteiger partial charge < -0.3 is 10.2 Å². The van der Waals surface area contributed by atoms with Gasteiger partial charge in [-0.15, -0.1) is 0 Å². The third-order valence-electron chi connectivity index (χ3n) is 6.36. The maximum atomic E-state index is 13.2. The van der Waals surface area contributed by atoms with Crippen LogP contribution in [0.4, 0.5) is 5.95 Å². The van der Waals surface area contributed by atoms with Crippen molar-refractivity contribution in [2.24, 2.45) is 5.92 Å². The first kappa shape index (κ1) is 20.3. The second kappa shape index (κ2) is 9.24. The van der Waals surface area contributed by atoms with Crippen molar-refractivity contribution in [1.82, 2.24) is 15.3 Å². The summed E-state index contributed by atoms with van der Waals surface area (Å²) in [4.78, 5) is 24.1. The second-order valence-corrected chi connectivity index (χ2v) is 9.36. The lowest BCUT2D eigenvalue weighted by Gasteiger charge is -2.40. The number of halogens is 1. The van der Waals surface area contributed by atoms with Crippen LogP contribution in [0.15, 0.2) is 47.2 Å². The maximum absolute atomic E-state index is 13.2. The van der Waals surface area contributed by atoms with Crippen LogP contribution in [0.2, 0.25) is 0 Å². The van der Waals surface area contributed by atoms with Gasteiger partial charge in [-0.1, -0.05) is 47.3 Å². The standard InChI is InChI=1S/C23H29BrN4O/c24-20-7-5-18(6-8-20)17-23(11-2-1-3-12-23)27-21(29)19-9-15-28(16-10-19)22-25-13-4-14-26-22/h4-8,13-14,19H,1-3,9-12,15-17H2,(H,27,29). The molecule has 1 aliphatic carbocycles. The molecule has 29 heavy (non-hydrogen) atoms. The van der Waals surface area contributed by atoms with Gasteiger partial charge >= 0.3 is 0 Å². The fraction of sp³-hybridized carbons (Fsp3) is 0.522. The van der Waals surface area contributed by atoms with Crippen LogP contribution in [0.3, 0.4) is 0 Å². The largest absolute Gasteiger partial charge is 0.350 e. The van der Waals surface area contributed by atoms with E-state index in [1.807, 2.05) is 6.07 Å². The number of benzene rings is 1. The summed E-state index contributed by atoms with van der Waals surface area (Å²) in [5.41, 5.74) is 1.20. The molecule has 0 bridgehead atoms. The van der Waals surface area contributed by atoms with Gasteiger partial charge in [0, 0.05) is 41.4 Å². The number of hydrogen-bond donors (Lipinski definition) is 1. The first-order valence-electron chi connectivity index (χ1n) is 10.7. The SMILES string of the molecule is O=C(NC1(Cc2ccc(Br)cc2)CCCCC1)C1CCN(c2ncccn2)CC1. The lowest BCUT2D eigenvalue weighted by molar-refractivity contribution is -0.128. The number of piperidine rings is 1. The quantitative estimate of drug-likeness (QED) is 0.718. The van der Waals surface area contributed by atoms with E-state index in [0.29, 0.717) is 0 Å². The van der Waals surface area contributed by atoms with Gasteiger partial charge in [0.15, 0.2) is 0 Å². The molecule has 2 aromatic rings. The number of amides is 1. The van der Waals surface area contributed by atoms with E-state index in [1.165, 1.54) is 24.8 Å². The highest BCUT2D eigenvalue weighted by molar-refractivity contribution is 9.10. The fourth-order valence-electron chi connectivity index (χ4n) is 4.73. The van der Waals surface area contributed by atoms with E-state index < -0.39 is 0 Å². The highest BCUT2D eigenvalue weighted by Crippen LogP contribution is 2.33. The van der Waals surface area contributed by atoms with Crippen molar-refractivity contribution in [1.29, 1.82) is 0 Å². The molecule has 5 nitrogen and oxygen atoms in total. The smallest absolute Gasteiger partial charge is 0.225 e. The van der Waals surface area contributed by atoms with Crippen LogP contribution in [0.5, 0.6) is 0 Å². The minimum Gasteiger partial charge on any atom is -0.350 e. The molecule has 0 atom stereocenters. The van der Waals surface area contributed by atoms with E-state index in [2.05, 4.69) is 60.4 Å². The highest BCUT2D eigenvalue weighted by Gasteiger charge is 2.36. The predicted octanol–water partition coefficient (Wildman–Crippen LogP) is 4.52. The van der Waals surface area contributed by atoms with Crippen molar-refractivity contribution in [2.75, 3.05) is 18.0 Å². The molecule has 2 aliphatic rings. The Kier molecular flexibility index (Phi) is 6.48. The maximum Gasteiger partial charge on any atom is 0.225 e. The molecule has 1 saturated heterocycles. The van der Waals surface area contributed by atoms with Crippen molar-refractivity contribution >= 4 is 27.8 Å². The van der Waals surface area contributed by atoms with E-state index >= 15 is 0 Å². The molecule has 2 heterocycles. The van der Waals surface area contributed by atoms with Gasteiger partial charge in [0.2, 0.25) is 11.9 Å². The number of nitrogens with one attached hydrogen (secondary N) is 1. The number of aromatic nitrogens is 2. The Labute approximate surface area is 181 Å². The zero-order valence-electron chi connectivity index (χ0n) is 16.8. The number of carbonyl (C=O) groups is 1. The fourth-order valence-corrected chi connectivity index (χ4v) is 4.99. The Hall–Kier alpha value is -1.95. The molecule has 154 valence electrons. The molecule has 1 amide bonds. The molecule has 1 aromatic heterocycles. The summed E-state index contributed by atoms with van der Waals surface area (Å²) < 4.78 is 1.09. The first-order chi connectivity index (χ1) is 14.1. The van der Waals surface area contributed by atoms with Gasteiger partial charge in [-0.3, -0.25) is 4.79 Å². The topological polar surface area (TPSA) is 58.1 Å². The lowest BCUT2D eigenvalue weighted by atomic mass is 9.77. The van der Waals surface area contributed by atoms with Crippen LogP contribution in [0.1, 0.15) is 50.5 Å². The highest BCUT2D eigenvalue weighted by atomic mass is 79.9. The molecule has 6 heteroatoms. The van der Waals surface area contributed by atoms with Crippen LogP contribution >= 0.6 is 15.9 Å². The Morgan fingerprint density at radius 3 is 2.38 bits per heavy atom. The molecule has 1 aromatic carbocycles. The van der Waals surface area contributed by atoms with Crippen LogP contribution < -0.4 is 10.2 Å². The average Bonchev–Trinajstić information content (AvgIpc) is 2.77. The van der Waals surface area contributed by atoms with Crippen molar-refractivity contribution in [3.63, 3.8) is 0 Å². The number of rotatable bonds is 5. The van der Waals surface area contributed by atoms with Crippen LogP contribution in [-0.2, 0) is 11.2 Å². The minimum absolute atomic E-state index is 0.0821. The van der Waals surface area contributed by atoms with Crippen molar-refractivity contribution < 1.29 is 4.79 Å². The monoisotopic (exact) mass is 456 g/mol. The summed E-state index contributed by atoms with van der Waals surface area (Å²) in [6.07, 6.45) is 12.0. The number of anilines is 1. The molecule has 1 aliphatic heterocycles. The first-order valence-corrected chi connectivity index (χ1v) is 11.5. The van der Waals surface area contributed by atoms with Gasteiger partial charge in [-0.25, -0.2) is 9.97 Å². The van der Waals surface area contributed by atoms with E-state index in [4.69, 9.17) is 0 Å². The normalized spacial score (nSPS) is 19.7. The Balaban J connectivity index is 1.39. The third-order valence-corrected chi connectivity index (χ3v) is 6.88. The van der Waals surface area contributed by atoms with Crippen molar-refractivity contribution in [2.45, 2.75) is 56.9 Å². The van der Waals surface area contributed by atoms with Gasteiger partial charge in [-0.2, -0.15) is 0 Å². The summed E-state index contributed by atoms with van der Waals surface area (Å²) in [6, 6.07) is 10.4. The molecule has 2 fully saturated rings. The summed E-state index contributed by atoms with van der Waals surface area (Å²) in [5.74, 6) is 1.08. The number of carbonyl (C=O) groups excluding carboxylic acids is 1. The zero-order chi connectivity index (χ0) is 20.1. The summed E-state index contributed by atoms with van der Waals surface area (Å²) >= 11 is 3.52. The molecule has 4 rings (SSSR count). The zero-order valence-corrected chi connectivity index (χ0v) is 18.4. The van der Waals surface area contributed by atoms with E-state index in [-0.39, 0.29) is 17.4 Å². The van der Waals surface area contributed by atoms with Gasteiger partial charge in [0.25, 0.3) is 0 Å². The van der Waals surface area contributed by atoms with Gasteiger partial charge in [-0.05, 0) is 55.9 Å². The predicted molar refractivity (Wildman–Crippen MR) is 119 cm³/mol. The Morgan fingerprint density at radius 2 is 1.72 bits per heavy atom. The molecule has 1 N–H and O–H groups in total. The molecular formula is C23H29BrN4O. The van der Waals surface area contributed by atoms with Gasteiger partial charge in [0.1, 0.15) is 0 Å². The van der Waals surface area contributed by atoms with E-state index in [1.54, 1.807) is 12.4 Å². The van der Waals surface area contributed by atoms with Gasteiger partial charge in [0.05, 0.1) is 0 Å². The van der Waals surface area contributed by atoms with E-state index in [0.717, 1.165) is 55.6 Å². The molecule has 1 saturated carbocycles. The third kappa shape index (κ3) is 5.16. The molecule has 0 radical (unpaired) electrons. The van der Waals surface area contributed by atoms with Crippen molar-refractivity contribution in [3.05, 3.63) is 52.8 Å². The Bertz CT molecular complexity index is 797. The Morgan fingerprint density at radius 1 is 1.07 bits per heavy atom. The molecular weight excluding hydrogens is 428 g/mol. The number of nitrogens with zero attached hydrogens (tertiary/aromatic N) is 3.